The van der Waals surface area contributed by atoms with Gasteiger partial charge in [0.05, 0.1) is 0 Å². The van der Waals surface area contributed by atoms with Crippen LogP contribution in [-0.2, 0) is 6.61 Å². The molecule has 4 heteroatoms. The zero-order chi connectivity index (χ0) is 13.1. The van der Waals surface area contributed by atoms with Gasteiger partial charge in [0, 0.05) is 16.2 Å². The first-order valence-corrected chi connectivity index (χ1v) is 6.73. The third kappa shape index (κ3) is 3.24. The number of aryl methyl sites for hydroxylation is 2. The lowest BCUT2D eigenvalue weighted by Gasteiger charge is -2.10. The maximum Gasteiger partial charge on any atom is 0.129 e. The molecule has 94 valence electrons. The maximum atomic E-state index is 5.74. The van der Waals surface area contributed by atoms with Crippen LogP contribution >= 0.6 is 27.5 Å². The standard InChI is InChI=1S/C14H13BrClNO/c1-9-5-12(6-10(2)14(9)15)18-8-11-3-4-13(16)17-7-11/h3-7H,8H2,1-2H3. The summed E-state index contributed by atoms with van der Waals surface area (Å²) >= 11 is 9.27. The van der Waals surface area contributed by atoms with Gasteiger partial charge in [0.15, 0.2) is 0 Å². The molecule has 0 unspecified atom stereocenters. The summed E-state index contributed by atoms with van der Waals surface area (Å²) in [5.74, 6) is 0.864. The number of pyridine rings is 1. The van der Waals surface area contributed by atoms with E-state index in [0.717, 1.165) is 15.8 Å². The predicted molar refractivity (Wildman–Crippen MR) is 77.2 cm³/mol. The van der Waals surface area contributed by atoms with Gasteiger partial charge in [-0.05, 0) is 43.2 Å². The molecule has 2 rings (SSSR count). The summed E-state index contributed by atoms with van der Waals surface area (Å²) in [7, 11) is 0. The first-order chi connectivity index (χ1) is 8.56. The van der Waals surface area contributed by atoms with Crippen LogP contribution in [0.4, 0.5) is 0 Å². The minimum atomic E-state index is 0.491. The van der Waals surface area contributed by atoms with Crippen LogP contribution in [-0.4, -0.2) is 4.98 Å². The van der Waals surface area contributed by atoms with Crippen LogP contribution in [0.2, 0.25) is 5.15 Å². The van der Waals surface area contributed by atoms with Crippen LogP contribution in [0.1, 0.15) is 16.7 Å². The largest absolute Gasteiger partial charge is 0.489 e. The number of benzene rings is 1. The topological polar surface area (TPSA) is 22.1 Å². The van der Waals surface area contributed by atoms with Crippen LogP contribution < -0.4 is 4.74 Å². The van der Waals surface area contributed by atoms with Crippen molar-refractivity contribution >= 4 is 27.5 Å². The molecule has 0 aliphatic rings. The summed E-state index contributed by atoms with van der Waals surface area (Å²) in [4.78, 5) is 4.02. The van der Waals surface area contributed by atoms with Gasteiger partial charge in [0.1, 0.15) is 17.5 Å². The Labute approximate surface area is 120 Å². The highest BCUT2D eigenvalue weighted by Crippen LogP contribution is 2.26. The van der Waals surface area contributed by atoms with E-state index in [1.165, 1.54) is 11.1 Å². The normalized spacial score (nSPS) is 10.4. The summed E-state index contributed by atoms with van der Waals surface area (Å²) in [5.41, 5.74) is 3.33. The van der Waals surface area contributed by atoms with E-state index in [9.17, 15) is 0 Å². The summed E-state index contributed by atoms with van der Waals surface area (Å²) in [6.07, 6.45) is 1.72. The smallest absolute Gasteiger partial charge is 0.129 e. The highest BCUT2D eigenvalue weighted by atomic mass is 79.9. The Morgan fingerprint density at radius 1 is 1.22 bits per heavy atom. The van der Waals surface area contributed by atoms with Gasteiger partial charge in [0.25, 0.3) is 0 Å². The van der Waals surface area contributed by atoms with Crippen LogP contribution in [0, 0.1) is 13.8 Å². The van der Waals surface area contributed by atoms with Gasteiger partial charge in [-0.25, -0.2) is 4.98 Å². The van der Waals surface area contributed by atoms with Crippen molar-refractivity contribution in [3.8, 4) is 5.75 Å². The predicted octanol–water partition coefficient (Wildman–Crippen LogP) is 4.69. The van der Waals surface area contributed by atoms with Crippen molar-refractivity contribution in [2.45, 2.75) is 20.5 Å². The number of hydrogen-bond acceptors (Lipinski definition) is 2. The number of rotatable bonds is 3. The molecule has 0 saturated carbocycles. The molecule has 0 saturated heterocycles. The first kappa shape index (κ1) is 13.4. The number of nitrogens with zero attached hydrogens (tertiary/aromatic N) is 1. The summed E-state index contributed by atoms with van der Waals surface area (Å²) < 4.78 is 6.87. The molecule has 1 aromatic heterocycles. The van der Waals surface area contributed by atoms with Crippen LogP contribution in [0.3, 0.4) is 0 Å². The fourth-order valence-corrected chi connectivity index (χ4v) is 1.99. The highest BCUT2D eigenvalue weighted by molar-refractivity contribution is 9.10. The number of halogens is 2. The Bertz CT molecular complexity index is 531. The lowest BCUT2D eigenvalue weighted by Crippen LogP contribution is -1.97. The molecule has 0 atom stereocenters. The van der Waals surface area contributed by atoms with Crippen molar-refractivity contribution in [3.63, 3.8) is 0 Å². The monoisotopic (exact) mass is 325 g/mol. The van der Waals surface area contributed by atoms with Crippen LogP contribution in [0.15, 0.2) is 34.9 Å². The zero-order valence-electron chi connectivity index (χ0n) is 10.2. The third-order valence-electron chi connectivity index (χ3n) is 2.60. The second-order valence-corrected chi connectivity index (χ2v) is 5.33. The minimum absolute atomic E-state index is 0.491. The van der Waals surface area contributed by atoms with Crippen molar-refractivity contribution in [1.29, 1.82) is 0 Å². The molecule has 0 spiro atoms. The molecule has 1 heterocycles. The molecular weight excluding hydrogens is 314 g/mol. The average molecular weight is 327 g/mol. The van der Waals surface area contributed by atoms with E-state index in [0.29, 0.717) is 11.8 Å². The Hall–Kier alpha value is -1.06. The van der Waals surface area contributed by atoms with Crippen LogP contribution in [0.5, 0.6) is 5.75 Å². The molecule has 0 N–H and O–H groups in total. The van der Waals surface area contributed by atoms with Gasteiger partial charge >= 0.3 is 0 Å². The summed E-state index contributed by atoms with van der Waals surface area (Å²) in [6, 6.07) is 7.70. The Morgan fingerprint density at radius 2 is 1.89 bits per heavy atom. The molecule has 0 amide bonds. The van der Waals surface area contributed by atoms with E-state index in [1.54, 1.807) is 12.3 Å². The molecule has 2 nitrogen and oxygen atoms in total. The fraction of sp³-hybridized carbons (Fsp3) is 0.214. The number of hydrogen-bond donors (Lipinski definition) is 0. The van der Waals surface area contributed by atoms with Crippen molar-refractivity contribution in [1.82, 2.24) is 4.98 Å². The highest BCUT2D eigenvalue weighted by Gasteiger charge is 2.03. The molecule has 0 aliphatic heterocycles. The van der Waals surface area contributed by atoms with Gasteiger partial charge in [-0.15, -0.1) is 0 Å². The molecular formula is C14H13BrClNO. The van der Waals surface area contributed by atoms with Gasteiger partial charge in [-0.2, -0.15) is 0 Å². The molecule has 0 bridgehead atoms. The average Bonchev–Trinajstić information content (AvgIpc) is 2.35. The maximum absolute atomic E-state index is 5.74. The second-order valence-electron chi connectivity index (χ2n) is 4.15. The van der Waals surface area contributed by atoms with Crippen LogP contribution in [0.25, 0.3) is 0 Å². The van der Waals surface area contributed by atoms with Crippen molar-refractivity contribution < 1.29 is 4.74 Å². The van der Waals surface area contributed by atoms with Gasteiger partial charge < -0.3 is 4.74 Å². The van der Waals surface area contributed by atoms with Crippen molar-refractivity contribution in [3.05, 3.63) is 56.8 Å². The van der Waals surface area contributed by atoms with Crippen molar-refractivity contribution in [2.24, 2.45) is 0 Å². The molecule has 0 fully saturated rings. The Morgan fingerprint density at radius 3 is 2.44 bits per heavy atom. The zero-order valence-corrected chi connectivity index (χ0v) is 12.5. The third-order valence-corrected chi connectivity index (χ3v) is 4.08. The lowest BCUT2D eigenvalue weighted by molar-refractivity contribution is 0.305. The molecule has 18 heavy (non-hydrogen) atoms. The fourth-order valence-electron chi connectivity index (χ4n) is 1.65. The second kappa shape index (κ2) is 5.72. The number of aromatic nitrogens is 1. The minimum Gasteiger partial charge on any atom is -0.489 e. The SMILES string of the molecule is Cc1cc(OCc2ccc(Cl)nc2)cc(C)c1Br. The molecule has 2 aromatic rings. The van der Waals surface area contributed by atoms with Gasteiger partial charge in [-0.1, -0.05) is 33.6 Å². The van der Waals surface area contributed by atoms with Crippen molar-refractivity contribution in [2.75, 3.05) is 0 Å². The molecule has 1 aromatic carbocycles. The van der Waals surface area contributed by atoms with E-state index in [1.807, 2.05) is 32.0 Å². The molecule has 0 radical (unpaired) electrons. The van der Waals surface area contributed by atoms with Gasteiger partial charge in [0.2, 0.25) is 0 Å². The first-order valence-electron chi connectivity index (χ1n) is 5.56. The summed E-state index contributed by atoms with van der Waals surface area (Å²) in [5, 5.41) is 0.495. The van der Waals surface area contributed by atoms with Gasteiger partial charge in [-0.3, -0.25) is 0 Å². The Balaban J connectivity index is 2.08. The molecule has 0 aliphatic carbocycles. The van der Waals surface area contributed by atoms with E-state index in [-0.39, 0.29) is 0 Å². The van der Waals surface area contributed by atoms with E-state index >= 15 is 0 Å². The van der Waals surface area contributed by atoms with E-state index in [4.69, 9.17) is 16.3 Å². The van der Waals surface area contributed by atoms with E-state index < -0.39 is 0 Å². The van der Waals surface area contributed by atoms with E-state index in [2.05, 4.69) is 20.9 Å². The Kier molecular flexibility index (Phi) is 4.25. The lowest BCUT2D eigenvalue weighted by atomic mass is 10.1. The quantitative estimate of drug-likeness (QED) is 0.763. The number of ether oxygens (including phenoxy) is 1. The summed E-state index contributed by atoms with van der Waals surface area (Å²) in [6.45, 7) is 4.59.